The van der Waals surface area contributed by atoms with Gasteiger partial charge in [-0.15, -0.1) is 10.2 Å². The minimum atomic E-state index is -0.565. The first-order chi connectivity index (χ1) is 22.2. The molecule has 0 fully saturated rings. The quantitative estimate of drug-likeness (QED) is 0.144. The van der Waals surface area contributed by atoms with E-state index in [0.29, 0.717) is 52.4 Å². The number of halogens is 1. The van der Waals surface area contributed by atoms with Gasteiger partial charge < -0.3 is 15.0 Å². The zero-order valence-electron chi connectivity index (χ0n) is 25.7. The van der Waals surface area contributed by atoms with Crippen LogP contribution in [0, 0.1) is 0 Å². The molecule has 1 aromatic heterocycles. The lowest BCUT2D eigenvalue weighted by Gasteiger charge is -2.17. The molecular formula is C35H33FN6O4. The van der Waals surface area contributed by atoms with Crippen LogP contribution in [-0.2, 0) is 24.9 Å². The van der Waals surface area contributed by atoms with Crippen LogP contribution in [0.25, 0.3) is 22.5 Å². The summed E-state index contributed by atoms with van der Waals surface area (Å²) in [7, 11) is 4.97. The molecule has 2 amide bonds. The number of ether oxygens (including phenoxy) is 1. The van der Waals surface area contributed by atoms with Gasteiger partial charge in [0.1, 0.15) is 12.4 Å². The van der Waals surface area contributed by atoms with Gasteiger partial charge in [0.25, 0.3) is 11.8 Å². The highest BCUT2D eigenvalue weighted by atomic mass is 19.1. The van der Waals surface area contributed by atoms with Gasteiger partial charge in [0.05, 0.1) is 18.3 Å². The Morgan fingerprint density at radius 1 is 0.870 bits per heavy atom. The first kappa shape index (κ1) is 31.7. The van der Waals surface area contributed by atoms with Gasteiger partial charge in [-0.2, -0.15) is 4.80 Å². The molecule has 5 rings (SSSR count). The van der Waals surface area contributed by atoms with Crippen LogP contribution in [0.15, 0.2) is 91.0 Å². The van der Waals surface area contributed by atoms with Crippen molar-refractivity contribution in [3.8, 4) is 28.3 Å². The number of esters is 1. The molecule has 0 spiro atoms. The van der Waals surface area contributed by atoms with Crippen molar-refractivity contribution < 1.29 is 23.5 Å². The smallest absolute Gasteiger partial charge is 0.311 e. The summed E-state index contributed by atoms with van der Waals surface area (Å²) in [5.74, 6) is -0.141. The van der Waals surface area contributed by atoms with Crippen molar-refractivity contribution in [1.29, 1.82) is 0 Å². The lowest BCUT2D eigenvalue weighted by Crippen LogP contribution is -2.24. The monoisotopic (exact) mass is 620 g/mol. The van der Waals surface area contributed by atoms with Crippen LogP contribution in [-0.4, -0.2) is 57.0 Å². The molecule has 1 N–H and O–H groups in total. The topological polar surface area (TPSA) is 119 Å². The second-order valence-corrected chi connectivity index (χ2v) is 10.9. The minimum Gasteiger partial charge on any atom is -0.427 e. The summed E-state index contributed by atoms with van der Waals surface area (Å²) in [4.78, 5) is 42.0. The average molecular weight is 621 g/mol. The lowest BCUT2D eigenvalue weighted by molar-refractivity contribution is -0.134. The number of anilines is 1. The van der Waals surface area contributed by atoms with E-state index in [2.05, 4.69) is 20.7 Å². The second kappa shape index (κ2) is 14.4. The predicted octanol–water partition coefficient (Wildman–Crippen LogP) is 5.90. The number of nitrogens with zero attached hydrogens (tertiary/aromatic N) is 5. The molecule has 0 saturated heterocycles. The van der Waals surface area contributed by atoms with Crippen molar-refractivity contribution in [3.05, 3.63) is 113 Å². The Morgan fingerprint density at radius 3 is 2.24 bits per heavy atom. The Morgan fingerprint density at radius 2 is 1.57 bits per heavy atom. The van der Waals surface area contributed by atoms with Crippen molar-refractivity contribution in [2.75, 3.05) is 19.4 Å². The molecule has 0 aliphatic heterocycles. The van der Waals surface area contributed by atoms with Crippen molar-refractivity contribution in [2.24, 2.45) is 7.05 Å². The van der Waals surface area contributed by atoms with Crippen LogP contribution in [0.5, 0.6) is 5.75 Å². The van der Waals surface area contributed by atoms with Gasteiger partial charge in [0, 0.05) is 31.6 Å². The number of carbonyl (C=O) groups excluding carboxylic acids is 3. The number of benzene rings is 4. The normalized spacial score (nSPS) is 10.8. The fourth-order valence-electron chi connectivity index (χ4n) is 4.86. The van der Waals surface area contributed by atoms with Gasteiger partial charge in [0.2, 0.25) is 5.82 Å². The van der Waals surface area contributed by atoms with Gasteiger partial charge in [-0.25, -0.2) is 4.39 Å². The minimum absolute atomic E-state index is 0.173. The van der Waals surface area contributed by atoms with E-state index in [-0.39, 0.29) is 24.2 Å². The van der Waals surface area contributed by atoms with Gasteiger partial charge >= 0.3 is 5.97 Å². The molecule has 0 atom stereocenters. The second-order valence-electron chi connectivity index (χ2n) is 10.9. The Labute approximate surface area is 265 Å². The van der Waals surface area contributed by atoms with E-state index in [1.54, 1.807) is 93.9 Å². The summed E-state index contributed by atoms with van der Waals surface area (Å²) in [6, 6.07) is 26.2. The Bertz CT molecular complexity index is 1850. The molecule has 234 valence electrons. The van der Waals surface area contributed by atoms with Gasteiger partial charge in [-0.05, 0) is 82.8 Å². The highest BCUT2D eigenvalue weighted by Crippen LogP contribution is 2.27. The predicted molar refractivity (Wildman–Crippen MR) is 172 cm³/mol. The molecule has 0 radical (unpaired) electrons. The van der Waals surface area contributed by atoms with E-state index in [0.717, 1.165) is 16.7 Å². The van der Waals surface area contributed by atoms with E-state index < -0.39 is 6.67 Å². The summed E-state index contributed by atoms with van der Waals surface area (Å²) in [5.41, 5.74) is 4.73. The average Bonchev–Trinajstić information content (AvgIpc) is 3.51. The molecule has 10 nitrogen and oxygen atoms in total. The summed E-state index contributed by atoms with van der Waals surface area (Å²) in [6.07, 6.45) is 1.19. The van der Waals surface area contributed by atoms with Crippen LogP contribution < -0.4 is 10.1 Å². The van der Waals surface area contributed by atoms with E-state index in [9.17, 15) is 18.8 Å². The Hall–Kier alpha value is -5.71. The van der Waals surface area contributed by atoms with Gasteiger partial charge in [0.15, 0.2) is 0 Å². The number of alkyl halides is 1. The van der Waals surface area contributed by atoms with Crippen LogP contribution in [0.4, 0.5) is 10.1 Å². The SMILES string of the molecule is CN(C)C(=O)c1cc(CCCC(=O)Oc2ccc(-c3nnn(C)n3)cc2)ccc1NC(=O)c1ccccc1-c1ccc(CF)cc1. The number of hydrogen-bond acceptors (Lipinski definition) is 7. The summed E-state index contributed by atoms with van der Waals surface area (Å²) >= 11 is 0. The molecule has 0 aliphatic carbocycles. The standard InChI is InChI=1S/C35H33FN6O4/c1-41(2)35(45)30-21-23(7-6-10-32(43)46-27-18-16-26(17-19-27)33-38-40-42(3)39-33)13-20-31(30)37-34(44)29-9-5-4-8-28(29)25-14-11-24(22-36)12-15-25/h4-5,8-9,11-21H,6-7,10,22H2,1-3H3,(H,37,44). The van der Waals surface area contributed by atoms with Crippen molar-refractivity contribution in [3.63, 3.8) is 0 Å². The highest BCUT2D eigenvalue weighted by Gasteiger charge is 2.19. The van der Waals surface area contributed by atoms with Crippen LogP contribution in [0.1, 0.15) is 44.7 Å². The lowest BCUT2D eigenvalue weighted by atomic mass is 9.98. The summed E-state index contributed by atoms with van der Waals surface area (Å²) in [5, 5.41) is 14.8. The number of carbonyl (C=O) groups is 3. The maximum absolute atomic E-state index is 13.5. The fourth-order valence-corrected chi connectivity index (χ4v) is 4.86. The summed E-state index contributed by atoms with van der Waals surface area (Å²) in [6.45, 7) is -0.565. The number of aryl methyl sites for hydroxylation is 2. The number of tetrazole rings is 1. The van der Waals surface area contributed by atoms with E-state index in [1.807, 2.05) is 18.2 Å². The van der Waals surface area contributed by atoms with Crippen LogP contribution >= 0.6 is 0 Å². The van der Waals surface area contributed by atoms with Crippen LogP contribution in [0.2, 0.25) is 0 Å². The molecule has 11 heteroatoms. The molecule has 0 bridgehead atoms. The number of aromatic nitrogens is 4. The molecule has 1 heterocycles. The fraction of sp³-hybridized carbons (Fsp3) is 0.200. The third kappa shape index (κ3) is 7.68. The van der Waals surface area contributed by atoms with E-state index in [1.165, 1.54) is 9.70 Å². The molecule has 5 aromatic rings. The first-order valence-corrected chi connectivity index (χ1v) is 14.7. The molecular weight excluding hydrogens is 587 g/mol. The largest absolute Gasteiger partial charge is 0.427 e. The third-order valence-electron chi connectivity index (χ3n) is 7.26. The zero-order valence-corrected chi connectivity index (χ0v) is 25.7. The molecule has 0 saturated carbocycles. The molecule has 46 heavy (non-hydrogen) atoms. The molecule has 0 unspecified atom stereocenters. The van der Waals surface area contributed by atoms with Gasteiger partial charge in [-0.1, -0.05) is 48.5 Å². The molecule has 4 aromatic carbocycles. The van der Waals surface area contributed by atoms with Crippen LogP contribution in [0.3, 0.4) is 0 Å². The van der Waals surface area contributed by atoms with Gasteiger partial charge in [-0.3, -0.25) is 14.4 Å². The number of amides is 2. The summed E-state index contributed by atoms with van der Waals surface area (Å²) < 4.78 is 18.5. The number of hydrogen-bond donors (Lipinski definition) is 1. The molecule has 0 aliphatic rings. The number of nitrogens with one attached hydrogen (secondary N) is 1. The van der Waals surface area contributed by atoms with Crippen molar-refractivity contribution in [1.82, 2.24) is 25.1 Å². The maximum atomic E-state index is 13.5. The number of rotatable bonds is 11. The van der Waals surface area contributed by atoms with E-state index >= 15 is 0 Å². The van der Waals surface area contributed by atoms with E-state index in [4.69, 9.17) is 4.74 Å². The van der Waals surface area contributed by atoms with Crippen molar-refractivity contribution in [2.45, 2.75) is 25.9 Å². The van der Waals surface area contributed by atoms with Crippen molar-refractivity contribution >= 4 is 23.5 Å². The maximum Gasteiger partial charge on any atom is 0.311 e. The third-order valence-corrected chi connectivity index (χ3v) is 7.26. The zero-order chi connectivity index (χ0) is 32.6. The first-order valence-electron chi connectivity index (χ1n) is 14.7. The Balaban J connectivity index is 1.24. The Kier molecular flexibility index (Phi) is 9.91. The highest BCUT2D eigenvalue weighted by molar-refractivity contribution is 6.11.